The highest BCUT2D eigenvalue weighted by atomic mass is 35.5. The van der Waals surface area contributed by atoms with Gasteiger partial charge in [-0.15, -0.1) is 0 Å². The van der Waals surface area contributed by atoms with Gasteiger partial charge in [0.05, 0.1) is 13.2 Å². The van der Waals surface area contributed by atoms with Gasteiger partial charge in [-0.3, -0.25) is 4.79 Å². The minimum absolute atomic E-state index is 0.0808. The zero-order valence-electron chi connectivity index (χ0n) is 11.5. The zero-order chi connectivity index (χ0) is 14.4. The van der Waals surface area contributed by atoms with Crippen molar-refractivity contribution in [1.29, 1.82) is 0 Å². The molecule has 1 aromatic carbocycles. The normalized spacial score (nSPS) is 17.7. The third-order valence-corrected chi connectivity index (χ3v) is 4.08. The Kier molecular flexibility index (Phi) is 5.40. The van der Waals surface area contributed by atoms with E-state index in [1.165, 1.54) is 6.42 Å². The Bertz CT molecular complexity index is 459. The quantitative estimate of drug-likeness (QED) is 0.782. The lowest BCUT2D eigenvalue weighted by Gasteiger charge is -2.36. The zero-order valence-corrected chi connectivity index (χ0v) is 12.2. The number of carbonyl (C=O) groups is 1. The van der Waals surface area contributed by atoms with Crippen LogP contribution in [0.15, 0.2) is 24.3 Å². The topological polar surface area (TPSA) is 61.4 Å². The number of hydrogen-bond donors (Lipinski definition) is 3. The number of benzene rings is 1. The molecular formula is C15H21ClN2O2. The van der Waals surface area contributed by atoms with Crippen molar-refractivity contribution in [2.24, 2.45) is 0 Å². The Balaban J connectivity index is 1.85. The van der Waals surface area contributed by atoms with Crippen LogP contribution in [-0.4, -0.2) is 29.7 Å². The number of nitrogens with one attached hydrogen (secondary N) is 2. The standard InChI is InChI=1S/C15H21ClN2O2/c16-12-5-4-6-13(9-12)18-14(20)10-17-15(11-19)7-2-1-3-8-15/h4-6,9,17,19H,1-3,7-8,10-11H2,(H,18,20). The maximum Gasteiger partial charge on any atom is 0.238 e. The summed E-state index contributed by atoms with van der Waals surface area (Å²) in [4.78, 5) is 11.9. The van der Waals surface area contributed by atoms with Crippen molar-refractivity contribution in [3.8, 4) is 0 Å². The highest BCUT2D eigenvalue weighted by molar-refractivity contribution is 6.30. The number of aliphatic hydroxyl groups is 1. The summed E-state index contributed by atoms with van der Waals surface area (Å²) >= 11 is 5.87. The number of rotatable bonds is 5. The molecule has 1 saturated carbocycles. The van der Waals surface area contributed by atoms with Gasteiger partial charge in [-0.25, -0.2) is 0 Å². The highest BCUT2D eigenvalue weighted by Gasteiger charge is 2.31. The Morgan fingerprint density at radius 2 is 2.05 bits per heavy atom. The molecule has 20 heavy (non-hydrogen) atoms. The van der Waals surface area contributed by atoms with Crippen LogP contribution < -0.4 is 10.6 Å². The number of carbonyl (C=O) groups excluding carboxylic acids is 1. The lowest BCUT2D eigenvalue weighted by Crippen LogP contribution is -2.52. The SMILES string of the molecule is O=C(CNC1(CO)CCCCC1)Nc1cccc(Cl)c1. The second-order valence-electron chi connectivity index (χ2n) is 5.41. The van der Waals surface area contributed by atoms with Gasteiger partial charge in [0.1, 0.15) is 0 Å². The number of hydrogen-bond acceptors (Lipinski definition) is 3. The van der Waals surface area contributed by atoms with E-state index < -0.39 is 0 Å². The molecule has 1 amide bonds. The molecule has 5 heteroatoms. The van der Waals surface area contributed by atoms with Crippen LogP contribution in [0.4, 0.5) is 5.69 Å². The van der Waals surface area contributed by atoms with Gasteiger partial charge in [0, 0.05) is 16.2 Å². The van der Waals surface area contributed by atoms with Gasteiger partial charge in [0.15, 0.2) is 0 Å². The first-order valence-corrected chi connectivity index (χ1v) is 7.43. The fourth-order valence-corrected chi connectivity index (χ4v) is 2.85. The van der Waals surface area contributed by atoms with Crippen LogP contribution >= 0.6 is 11.6 Å². The van der Waals surface area contributed by atoms with Crippen LogP contribution in [0, 0.1) is 0 Å². The summed E-state index contributed by atoms with van der Waals surface area (Å²) in [5.74, 6) is -0.120. The molecule has 0 unspecified atom stereocenters. The van der Waals surface area contributed by atoms with Gasteiger partial charge in [0.2, 0.25) is 5.91 Å². The maximum absolute atomic E-state index is 11.9. The van der Waals surface area contributed by atoms with Crippen LogP contribution in [0.2, 0.25) is 5.02 Å². The molecule has 1 aromatic rings. The molecule has 0 atom stereocenters. The minimum Gasteiger partial charge on any atom is -0.394 e. The first-order chi connectivity index (χ1) is 9.63. The average Bonchev–Trinajstić information content (AvgIpc) is 2.46. The van der Waals surface area contributed by atoms with Crippen LogP contribution in [0.25, 0.3) is 0 Å². The van der Waals surface area contributed by atoms with E-state index in [4.69, 9.17) is 11.6 Å². The molecule has 3 N–H and O–H groups in total. The van der Waals surface area contributed by atoms with Crippen LogP contribution in [-0.2, 0) is 4.79 Å². The molecule has 0 radical (unpaired) electrons. The Morgan fingerprint density at radius 1 is 1.30 bits per heavy atom. The molecule has 1 aliphatic rings. The van der Waals surface area contributed by atoms with E-state index in [1.54, 1.807) is 24.3 Å². The van der Waals surface area contributed by atoms with E-state index in [-0.39, 0.29) is 24.6 Å². The average molecular weight is 297 g/mol. The number of aliphatic hydroxyl groups excluding tert-OH is 1. The Hall–Kier alpha value is -1.10. The lowest BCUT2D eigenvalue weighted by atomic mass is 9.82. The molecule has 0 saturated heterocycles. The first-order valence-electron chi connectivity index (χ1n) is 7.05. The first kappa shape index (κ1) is 15.3. The van der Waals surface area contributed by atoms with E-state index in [0.29, 0.717) is 10.7 Å². The third kappa shape index (κ3) is 4.20. The Morgan fingerprint density at radius 3 is 2.70 bits per heavy atom. The number of halogens is 1. The van der Waals surface area contributed by atoms with Crippen molar-refractivity contribution in [1.82, 2.24) is 5.32 Å². The summed E-state index contributed by atoms with van der Waals surface area (Å²) in [7, 11) is 0. The van der Waals surface area contributed by atoms with Gasteiger partial charge in [0.25, 0.3) is 0 Å². The summed E-state index contributed by atoms with van der Waals surface area (Å²) in [6.07, 6.45) is 5.26. The fourth-order valence-electron chi connectivity index (χ4n) is 2.66. The Labute approximate surface area is 124 Å². The van der Waals surface area contributed by atoms with E-state index in [9.17, 15) is 9.90 Å². The molecule has 0 aliphatic heterocycles. The van der Waals surface area contributed by atoms with Crippen LogP contribution in [0.1, 0.15) is 32.1 Å². The van der Waals surface area contributed by atoms with E-state index in [2.05, 4.69) is 10.6 Å². The van der Waals surface area contributed by atoms with Crippen LogP contribution in [0.5, 0.6) is 0 Å². The highest BCUT2D eigenvalue weighted by Crippen LogP contribution is 2.27. The van der Waals surface area contributed by atoms with E-state index in [0.717, 1.165) is 25.7 Å². The smallest absolute Gasteiger partial charge is 0.238 e. The molecule has 4 nitrogen and oxygen atoms in total. The van der Waals surface area contributed by atoms with Gasteiger partial charge < -0.3 is 15.7 Å². The van der Waals surface area contributed by atoms with Crippen molar-refractivity contribution in [2.75, 3.05) is 18.5 Å². The molecule has 2 rings (SSSR count). The van der Waals surface area contributed by atoms with Crippen LogP contribution in [0.3, 0.4) is 0 Å². The number of anilines is 1. The second-order valence-corrected chi connectivity index (χ2v) is 5.85. The van der Waals surface area contributed by atoms with Crippen molar-refractivity contribution in [3.05, 3.63) is 29.3 Å². The fraction of sp³-hybridized carbons (Fsp3) is 0.533. The predicted molar refractivity (Wildman–Crippen MR) is 81.0 cm³/mol. The van der Waals surface area contributed by atoms with Crippen molar-refractivity contribution >= 4 is 23.2 Å². The van der Waals surface area contributed by atoms with Gasteiger partial charge in [-0.1, -0.05) is 36.9 Å². The summed E-state index contributed by atoms with van der Waals surface area (Å²) in [6.45, 7) is 0.282. The summed E-state index contributed by atoms with van der Waals surface area (Å²) in [5, 5.41) is 16.2. The monoisotopic (exact) mass is 296 g/mol. The molecule has 110 valence electrons. The molecular weight excluding hydrogens is 276 g/mol. The molecule has 0 heterocycles. The maximum atomic E-state index is 11.9. The molecule has 1 fully saturated rings. The molecule has 0 bridgehead atoms. The summed E-state index contributed by atoms with van der Waals surface area (Å²) in [5.41, 5.74) is 0.398. The third-order valence-electron chi connectivity index (χ3n) is 3.85. The summed E-state index contributed by atoms with van der Waals surface area (Å²) in [6, 6.07) is 7.06. The van der Waals surface area contributed by atoms with E-state index in [1.807, 2.05) is 0 Å². The van der Waals surface area contributed by atoms with Crippen molar-refractivity contribution in [2.45, 2.75) is 37.6 Å². The van der Waals surface area contributed by atoms with E-state index >= 15 is 0 Å². The van der Waals surface area contributed by atoms with Gasteiger partial charge in [-0.05, 0) is 31.0 Å². The van der Waals surface area contributed by atoms with Crippen molar-refractivity contribution in [3.63, 3.8) is 0 Å². The van der Waals surface area contributed by atoms with Gasteiger partial charge >= 0.3 is 0 Å². The molecule has 1 aliphatic carbocycles. The van der Waals surface area contributed by atoms with Crippen molar-refractivity contribution < 1.29 is 9.90 Å². The number of amides is 1. The van der Waals surface area contributed by atoms with Gasteiger partial charge in [-0.2, -0.15) is 0 Å². The second kappa shape index (κ2) is 7.07. The molecule has 0 aromatic heterocycles. The minimum atomic E-state index is -0.288. The largest absolute Gasteiger partial charge is 0.394 e. The molecule has 0 spiro atoms. The predicted octanol–water partition coefficient (Wildman–Crippen LogP) is 2.56. The summed E-state index contributed by atoms with van der Waals surface area (Å²) < 4.78 is 0. The lowest BCUT2D eigenvalue weighted by molar-refractivity contribution is -0.116.